The number of nitrogens with zero attached hydrogens (tertiary/aromatic N) is 2. The predicted molar refractivity (Wildman–Crippen MR) is 123 cm³/mol. The summed E-state index contributed by atoms with van der Waals surface area (Å²) in [5, 5.41) is 12.5. The largest absolute Gasteiger partial charge is 0.340 e. The molecular formula is C22H15Cl3N4O. The molecule has 2 N–H and O–H groups in total. The van der Waals surface area contributed by atoms with Crippen LogP contribution in [0, 0.1) is 0 Å². The van der Waals surface area contributed by atoms with E-state index in [2.05, 4.69) is 15.7 Å². The molecule has 0 saturated heterocycles. The molecule has 0 spiro atoms. The lowest BCUT2D eigenvalue weighted by Gasteiger charge is -2.09. The highest BCUT2D eigenvalue weighted by Crippen LogP contribution is 2.25. The lowest BCUT2D eigenvalue weighted by molar-refractivity contribution is 0.0948. The molecule has 3 aromatic carbocycles. The quantitative estimate of drug-likeness (QED) is 0.338. The monoisotopic (exact) mass is 456 g/mol. The normalized spacial score (nSPS) is 10.6. The Kier molecular flexibility index (Phi) is 5.95. The van der Waals surface area contributed by atoms with Crippen molar-refractivity contribution in [3.8, 4) is 0 Å². The Hall–Kier alpha value is -2.99. The predicted octanol–water partition coefficient (Wildman–Crippen LogP) is 7.02. The van der Waals surface area contributed by atoms with Crippen molar-refractivity contribution < 1.29 is 4.79 Å². The molecule has 0 unspecified atom stereocenters. The van der Waals surface area contributed by atoms with Crippen LogP contribution < -0.4 is 10.6 Å². The topological polar surface area (TPSA) is 59.0 Å². The SMILES string of the molecule is O=C(c1cccc(Cl)c1)n1nc(Nc2ccc(Cl)cc2)cc1Nc1ccc(Cl)cc1. The molecule has 0 bridgehead atoms. The van der Waals surface area contributed by atoms with E-state index in [1.165, 1.54) is 4.68 Å². The van der Waals surface area contributed by atoms with Crippen LogP contribution in [-0.4, -0.2) is 15.7 Å². The Morgan fingerprint density at radius 1 is 0.733 bits per heavy atom. The van der Waals surface area contributed by atoms with Crippen LogP contribution in [0.3, 0.4) is 0 Å². The van der Waals surface area contributed by atoms with E-state index in [4.69, 9.17) is 34.8 Å². The van der Waals surface area contributed by atoms with E-state index in [-0.39, 0.29) is 5.91 Å². The highest BCUT2D eigenvalue weighted by molar-refractivity contribution is 6.31. The first-order valence-electron chi connectivity index (χ1n) is 8.93. The van der Waals surface area contributed by atoms with E-state index in [9.17, 15) is 4.79 Å². The van der Waals surface area contributed by atoms with Gasteiger partial charge in [-0.25, -0.2) is 0 Å². The van der Waals surface area contributed by atoms with Gasteiger partial charge >= 0.3 is 0 Å². The number of aromatic nitrogens is 2. The summed E-state index contributed by atoms with van der Waals surface area (Å²) in [6.07, 6.45) is 0. The van der Waals surface area contributed by atoms with Crippen molar-refractivity contribution in [3.05, 3.63) is 99.5 Å². The van der Waals surface area contributed by atoms with Gasteiger partial charge in [-0.05, 0) is 66.7 Å². The van der Waals surface area contributed by atoms with Gasteiger partial charge in [0.1, 0.15) is 5.82 Å². The highest BCUT2D eigenvalue weighted by Gasteiger charge is 2.17. The Labute approximate surface area is 188 Å². The molecule has 1 aromatic heterocycles. The maximum atomic E-state index is 13.1. The lowest BCUT2D eigenvalue weighted by atomic mass is 10.2. The van der Waals surface area contributed by atoms with Crippen molar-refractivity contribution in [2.45, 2.75) is 0 Å². The van der Waals surface area contributed by atoms with E-state index in [1.54, 1.807) is 54.6 Å². The summed E-state index contributed by atoms with van der Waals surface area (Å²) < 4.78 is 1.29. The number of halogens is 3. The van der Waals surface area contributed by atoms with Crippen molar-refractivity contribution in [1.82, 2.24) is 9.78 Å². The molecular weight excluding hydrogens is 443 g/mol. The smallest absolute Gasteiger partial charge is 0.280 e. The van der Waals surface area contributed by atoms with Crippen molar-refractivity contribution in [3.63, 3.8) is 0 Å². The number of anilines is 4. The molecule has 4 rings (SSSR count). The third kappa shape index (κ3) is 4.76. The third-order valence-corrected chi connectivity index (χ3v) is 4.95. The van der Waals surface area contributed by atoms with Crippen molar-refractivity contribution in [2.75, 3.05) is 10.6 Å². The first kappa shape index (κ1) is 20.3. The van der Waals surface area contributed by atoms with Gasteiger partial charge in [0.05, 0.1) is 0 Å². The molecule has 30 heavy (non-hydrogen) atoms. The molecule has 150 valence electrons. The fraction of sp³-hybridized carbons (Fsp3) is 0. The first-order valence-corrected chi connectivity index (χ1v) is 10.1. The van der Waals surface area contributed by atoms with Gasteiger partial charge in [0.15, 0.2) is 5.82 Å². The number of carbonyl (C=O) groups excluding carboxylic acids is 1. The average molecular weight is 458 g/mol. The molecule has 0 aliphatic carbocycles. The Balaban J connectivity index is 1.69. The molecule has 8 heteroatoms. The maximum absolute atomic E-state index is 13.1. The Morgan fingerprint density at radius 3 is 1.93 bits per heavy atom. The molecule has 0 aliphatic heterocycles. The van der Waals surface area contributed by atoms with Crippen LogP contribution >= 0.6 is 34.8 Å². The van der Waals surface area contributed by atoms with Crippen LogP contribution in [0.5, 0.6) is 0 Å². The van der Waals surface area contributed by atoms with Gasteiger partial charge in [0.25, 0.3) is 5.91 Å². The van der Waals surface area contributed by atoms with Crippen LogP contribution in [0.25, 0.3) is 0 Å². The molecule has 0 aliphatic rings. The molecule has 0 atom stereocenters. The van der Waals surface area contributed by atoms with Gasteiger partial charge in [-0.1, -0.05) is 40.9 Å². The number of carbonyl (C=O) groups is 1. The second-order valence-electron chi connectivity index (χ2n) is 6.41. The summed E-state index contributed by atoms with van der Waals surface area (Å²) in [5.74, 6) is 0.654. The third-order valence-electron chi connectivity index (χ3n) is 4.21. The zero-order valence-electron chi connectivity index (χ0n) is 15.4. The number of hydrogen-bond acceptors (Lipinski definition) is 4. The molecule has 4 aromatic rings. The minimum Gasteiger partial charge on any atom is -0.340 e. The molecule has 0 radical (unpaired) electrons. The number of hydrogen-bond donors (Lipinski definition) is 2. The second kappa shape index (κ2) is 8.79. The lowest BCUT2D eigenvalue weighted by Crippen LogP contribution is -2.16. The molecule has 5 nitrogen and oxygen atoms in total. The standard InChI is InChI=1S/C22H15Cl3N4O/c23-15-4-8-18(9-5-15)26-20-13-21(27-19-10-6-16(24)7-11-19)29(28-20)22(30)14-2-1-3-17(25)12-14/h1-13,27H,(H,26,28). The van der Waals surface area contributed by atoms with E-state index < -0.39 is 0 Å². The van der Waals surface area contributed by atoms with Gasteiger partial charge in [-0.15, -0.1) is 5.10 Å². The van der Waals surface area contributed by atoms with Crippen LogP contribution in [0.1, 0.15) is 10.4 Å². The Bertz CT molecular complexity index is 1190. The molecule has 1 heterocycles. The highest BCUT2D eigenvalue weighted by atomic mass is 35.5. The minimum absolute atomic E-state index is 0.321. The number of benzene rings is 3. The van der Waals surface area contributed by atoms with Crippen LogP contribution in [0.15, 0.2) is 78.9 Å². The zero-order chi connectivity index (χ0) is 21.1. The van der Waals surface area contributed by atoms with E-state index in [1.807, 2.05) is 24.3 Å². The van der Waals surface area contributed by atoms with Crippen molar-refractivity contribution >= 4 is 63.7 Å². The van der Waals surface area contributed by atoms with Gasteiger partial charge in [0, 0.05) is 38.1 Å². The summed E-state index contributed by atoms with van der Waals surface area (Å²) >= 11 is 18.0. The van der Waals surface area contributed by atoms with E-state index in [0.29, 0.717) is 32.3 Å². The van der Waals surface area contributed by atoms with E-state index >= 15 is 0 Å². The second-order valence-corrected chi connectivity index (χ2v) is 7.72. The number of nitrogens with one attached hydrogen (secondary N) is 2. The minimum atomic E-state index is -0.321. The zero-order valence-corrected chi connectivity index (χ0v) is 17.7. The summed E-state index contributed by atoms with van der Waals surface area (Å²) in [4.78, 5) is 13.1. The van der Waals surface area contributed by atoms with Gasteiger partial charge in [-0.3, -0.25) is 4.79 Å². The number of rotatable bonds is 5. The van der Waals surface area contributed by atoms with Gasteiger partial charge in [0.2, 0.25) is 0 Å². The Morgan fingerprint density at radius 2 is 1.33 bits per heavy atom. The summed E-state index contributed by atoms with van der Waals surface area (Å²) in [7, 11) is 0. The fourth-order valence-corrected chi connectivity index (χ4v) is 3.23. The van der Waals surface area contributed by atoms with Gasteiger partial charge in [-0.2, -0.15) is 4.68 Å². The molecule has 0 amide bonds. The first-order chi connectivity index (χ1) is 14.5. The van der Waals surface area contributed by atoms with Gasteiger partial charge < -0.3 is 10.6 Å². The average Bonchev–Trinajstić information content (AvgIpc) is 3.13. The summed E-state index contributed by atoms with van der Waals surface area (Å²) in [6.45, 7) is 0. The maximum Gasteiger partial charge on any atom is 0.280 e. The van der Waals surface area contributed by atoms with Crippen LogP contribution in [0.2, 0.25) is 15.1 Å². The molecule has 0 saturated carbocycles. The summed E-state index contributed by atoms with van der Waals surface area (Å²) in [5.41, 5.74) is 1.97. The van der Waals surface area contributed by atoms with Crippen LogP contribution in [0.4, 0.5) is 23.0 Å². The van der Waals surface area contributed by atoms with Crippen molar-refractivity contribution in [1.29, 1.82) is 0 Å². The molecule has 0 fully saturated rings. The fourth-order valence-electron chi connectivity index (χ4n) is 2.79. The van der Waals surface area contributed by atoms with E-state index in [0.717, 1.165) is 11.4 Å². The summed E-state index contributed by atoms with van der Waals surface area (Å²) in [6, 6.07) is 22.8. The van der Waals surface area contributed by atoms with Crippen molar-refractivity contribution in [2.24, 2.45) is 0 Å². The van der Waals surface area contributed by atoms with Crippen LogP contribution in [-0.2, 0) is 0 Å².